The monoisotopic (exact) mass is 394 g/mol. The Hall–Kier alpha value is -3.59. The lowest BCUT2D eigenvalue weighted by atomic mass is 10.1. The summed E-state index contributed by atoms with van der Waals surface area (Å²) >= 11 is 5.21. The van der Waals surface area contributed by atoms with Crippen LogP contribution in [0.3, 0.4) is 0 Å². The van der Waals surface area contributed by atoms with Crippen LogP contribution in [0.1, 0.15) is 18.2 Å². The van der Waals surface area contributed by atoms with Gasteiger partial charge in [-0.25, -0.2) is 24.7 Å². The molecule has 3 aromatic heterocycles. The van der Waals surface area contributed by atoms with E-state index in [-0.39, 0.29) is 0 Å². The molecule has 0 aliphatic rings. The summed E-state index contributed by atoms with van der Waals surface area (Å²) in [5.74, 6) is 0. The number of urea groups is 1. The van der Waals surface area contributed by atoms with E-state index in [2.05, 4.69) is 36.9 Å². The molecule has 4 rings (SSSR count). The van der Waals surface area contributed by atoms with E-state index < -0.39 is 6.03 Å². The molecule has 28 heavy (non-hydrogen) atoms. The van der Waals surface area contributed by atoms with Gasteiger partial charge in [-0.05, 0) is 42.8 Å². The van der Waals surface area contributed by atoms with Crippen LogP contribution in [0.4, 0.5) is 4.79 Å². The number of carbonyl (C=O) groups excluding carboxylic acids is 1. The lowest BCUT2D eigenvalue weighted by molar-refractivity contribution is 0.246. The molecule has 0 unspecified atom stereocenters. The van der Waals surface area contributed by atoms with Gasteiger partial charge in [0.1, 0.15) is 5.52 Å². The van der Waals surface area contributed by atoms with Crippen LogP contribution in [0.2, 0.25) is 0 Å². The molecule has 0 saturated heterocycles. The molecule has 2 amide bonds. The molecular formula is C18H15ClN8O. The number of pyridine rings is 2. The van der Waals surface area contributed by atoms with Crippen molar-refractivity contribution in [2.75, 3.05) is 0 Å². The Kier molecular flexibility index (Phi) is 4.81. The predicted molar refractivity (Wildman–Crippen MR) is 106 cm³/mol. The first-order valence-electron chi connectivity index (χ1n) is 8.39. The first kappa shape index (κ1) is 17.8. The number of halogens is 1. The fraction of sp³-hybridized carbons (Fsp3) is 0.111. The molecule has 140 valence electrons. The van der Waals surface area contributed by atoms with E-state index in [1.54, 1.807) is 23.9 Å². The van der Waals surface area contributed by atoms with Crippen molar-refractivity contribution in [3.63, 3.8) is 0 Å². The molecule has 0 aliphatic heterocycles. The summed E-state index contributed by atoms with van der Waals surface area (Å²) in [6.45, 7) is 2.24. The van der Waals surface area contributed by atoms with Gasteiger partial charge in [0.25, 0.3) is 0 Å². The molecule has 0 saturated carbocycles. The van der Waals surface area contributed by atoms with Gasteiger partial charge in [-0.2, -0.15) is 5.10 Å². The number of nitrogens with zero attached hydrogens (tertiary/aromatic N) is 6. The summed E-state index contributed by atoms with van der Waals surface area (Å²) in [6.07, 6.45) is 1.77. The summed E-state index contributed by atoms with van der Waals surface area (Å²) < 4.78 is 1.72. The predicted octanol–water partition coefficient (Wildman–Crippen LogP) is 2.60. The van der Waals surface area contributed by atoms with Crippen LogP contribution in [0.25, 0.3) is 22.1 Å². The average molecular weight is 395 g/mol. The zero-order chi connectivity index (χ0) is 19.5. The number of fused-ring (bicyclic) bond motifs is 2. The molecule has 4 aromatic rings. The van der Waals surface area contributed by atoms with Crippen molar-refractivity contribution in [3.05, 3.63) is 59.9 Å². The molecular weight excluding hydrogens is 380 g/mol. The summed E-state index contributed by atoms with van der Waals surface area (Å²) in [5.41, 5.74) is 6.67. The maximum absolute atomic E-state index is 11.2. The van der Waals surface area contributed by atoms with Gasteiger partial charge in [-0.1, -0.05) is 17.3 Å². The maximum Gasteiger partial charge on any atom is 0.349 e. The van der Waals surface area contributed by atoms with Gasteiger partial charge >= 0.3 is 6.03 Å². The third-order valence-corrected chi connectivity index (χ3v) is 4.31. The smallest absolute Gasteiger partial charge is 0.256 e. The van der Waals surface area contributed by atoms with Crippen molar-refractivity contribution in [2.24, 2.45) is 5.10 Å². The summed E-state index contributed by atoms with van der Waals surface area (Å²) in [4.78, 5) is 22.0. The van der Waals surface area contributed by atoms with Gasteiger partial charge in [0.2, 0.25) is 0 Å². The second-order valence-electron chi connectivity index (χ2n) is 6.05. The Morgan fingerprint density at radius 1 is 1.21 bits per heavy atom. The minimum Gasteiger partial charge on any atom is -0.256 e. The zero-order valence-electron chi connectivity index (χ0n) is 14.8. The molecule has 3 heterocycles. The molecule has 9 nitrogen and oxygen atoms in total. The van der Waals surface area contributed by atoms with Crippen molar-refractivity contribution in [2.45, 2.75) is 13.5 Å². The molecule has 0 radical (unpaired) electrons. The lowest BCUT2D eigenvalue weighted by Gasteiger charge is -2.05. The molecule has 0 atom stereocenters. The second-order valence-corrected chi connectivity index (χ2v) is 6.24. The van der Waals surface area contributed by atoms with Crippen LogP contribution in [0, 0.1) is 0 Å². The van der Waals surface area contributed by atoms with Crippen molar-refractivity contribution < 1.29 is 4.79 Å². The van der Waals surface area contributed by atoms with Crippen molar-refractivity contribution in [1.29, 1.82) is 0 Å². The number of aromatic nitrogens is 5. The van der Waals surface area contributed by atoms with Crippen molar-refractivity contribution in [1.82, 2.24) is 35.2 Å². The van der Waals surface area contributed by atoms with Crippen LogP contribution in [0.5, 0.6) is 0 Å². The highest BCUT2D eigenvalue weighted by Gasteiger charge is 2.10. The topological polar surface area (TPSA) is 110 Å². The number of rotatable bonds is 4. The number of hydrazone groups is 1. The fourth-order valence-corrected chi connectivity index (χ4v) is 2.81. The van der Waals surface area contributed by atoms with Gasteiger partial charge in [0, 0.05) is 23.4 Å². The molecule has 0 fully saturated rings. The Morgan fingerprint density at radius 3 is 2.93 bits per heavy atom. The number of hydrogen-bond donors (Lipinski definition) is 2. The van der Waals surface area contributed by atoms with E-state index in [1.807, 2.05) is 35.2 Å². The van der Waals surface area contributed by atoms with E-state index >= 15 is 0 Å². The summed E-state index contributed by atoms with van der Waals surface area (Å²) in [5, 5.41) is 13.4. The standard InChI is InChI=1S/C18H15ClN8O/c1-11(23-25-18(28)22-19)14-6-7-16-17(21-14)27(26-24-16)10-12-4-5-15-13(9-12)3-2-8-20-15/h2-9H,10H2,1H3,(H2,22,25,28). The van der Waals surface area contributed by atoms with Gasteiger partial charge < -0.3 is 0 Å². The minimum absolute atomic E-state index is 0.515. The fourth-order valence-electron chi connectivity index (χ4n) is 2.77. The highest BCUT2D eigenvalue weighted by Crippen LogP contribution is 2.16. The third kappa shape index (κ3) is 3.60. The minimum atomic E-state index is -0.625. The number of nitrogens with one attached hydrogen (secondary N) is 2. The molecule has 0 bridgehead atoms. The number of hydrogen-bond acceptors (Lipinski definition) is 6. The molecule has 1 aromatic carbocycles. The first-order chi connectivity index (χ1) is 13.6. The Bertz CT molecular complexity index is 1200. The molecule has 10 heteroatoms. The van der Waals surface area contributed by atoms with E-state index in [0.29, 0.717) is 29.1 Å². The normalized spacial score (nSPS) is 11.7. The maximum atomic E-state index is 11.2. The van der Waals surface area contributed by atoms with Gasteiger partial charge in [-0.3, -0.25) is 4.98 Å². The Labute approximate surface area is 164 Å². The summed E-state index contributed by atoms with van der Waals surface area (Å²) in [7, 11) is 0. The lowest BCUT2D eigenvalue weighted by Crippen LogP contribution is -2.26. The van der Waals surface area contributed by atoms with Gasteiger partial charge in [-0.15, -0.1) is 5.10 Å². The van der Waals surface area contributed by atoms with Crippen LogP contribution < -0.4 is 10.3 Å². The third-order valence-electron chi connectivity index (χ3n) is 4.14. The van der Waals surface area contributed by atoms with Gasteiger partial charge in [0.15, 0.2) is 5.65 Å². The number of amides is 2. The van der Waals surface area contributed by atoms with E-state index in [0.717, 1.165) is 16.5 Å². The molecule has 0 aliphatic carbocycles. The Morgan fingerprint density at radius 2 is 2.07 bits per heavy atom. The van der Waals surface area contributed by atoms with Crippen LogP contribution in [-0.4, -0.2) is 36.7 Å². The average Bonchev–Trinajstić information content (AvgIpc) is 3.13. The first-order valence-corrected chi connectivity index (χ1v) is 8.77. The molecule has 2 N–H and O–H groups in total. The van der Waals surface area contributed by atoms with Crippen molar-refractivity contribution >= 4 is 45.6 Å². The summed E-state index contributed by atoms with van der Waals surface area (Å²) in [6, 6.07) is 12.9. The van der Waals surface area contributed by atoms with Gasteiger partial charge in [0.05, 0.1) is 23.5 Å². The number of benzene rings is 1. The van der Waals surface area contributed by atoms with Crippen LogP contribution in [0.15, 0.2) is 53.8 Å². The second kappa shape index (κ2) is 7.57. The quantitative estimate of drug-likeness (QED) is 0.314. The number of carbonyl (C=O) groups is 1. The van der Waals surface area contributed by atoms with E-state index in [9.17, 15) is 4.79 Å². The van der Waals surface area contributed by atoms with E-state index in [4.69, 9.17) is 11.8 Å². The SMILES string of the molecule is CC(=NNC(=O)NCl)c1ccc2nnn(Cc3ccc4ncccc4c3)c2n1. The zero-order valence-corrected chi connectivity index (χ0v) is 15.6. The van der Waals surface area contributed by atoms with Crippen molar-refractivity contribution in [3.8, 4) is 0 Å². The largest absolute Gasteiger partial charge is 0.349 e. The van der Waals surface area contributed by atoms with E-state index in [1.165, 1.54) is 0 Å². The van der Waals surface area contributed by atoms with Crippen LogP contribution in [-0.2, 0) is 6.54 Å². The molecule has 0 spiro atoms. The highest BCUT2D eigenvalue weighted by molar-refractivity contribution is 6.21. The highest BCUT2D eigenvalue weighted by atomic mass is 35.5. The Balaban J connectivity index is 1.64. The van der Waals surface area contributed by atoms with Crippen LogP contribution >= 0.6 is 11.8 Å².